The van der Waals surface area contributed by atoms with Crippen molar-refractivity contribution in [2.24, 2.45) is 11.3 Å². The van der Waals surface area contributed by atoms with Crippen LogP contribution in [0.3, 0.4) is 0 Å². The minimum Gasteiger partial charge on any atom is -0.494 e. The first-order valence-electron chi connectivity index (χ1n) is 13.1. The molecule has 204 valence electrons. The minimum absolute atomic E-state index is 0.0273. The van der Waals surface area contributed by atoms with Crippen LogP contribution in [0.15, 0.2) is 58.5 Å². The largest absolute Gasteiger partial charge is 0.494 e. The number of anilines is 1. The van der Waals surface area contributed by atoms with Crippen molar-refractivity contribution in [1.82, 2.24) is 9.55 Å². The van der Waals surface area contributed by atoms with E-state index in [9.17, 15) is 14.0 Å². The molecule has 39 heavy (non-hydrogen) atoms. The van der Waals surface area contributed by atoms with Gasteiger partial charge >= 0.3 is 0 Å². The fourth-order valence-corrected chi connectivity index (χ4v) is 7.16. The second-order valence-electron chi connectivity index (χ2n) is 10.8. The number of benzene rings is 2. The number of hydrogen-bond acceptors (Lipinski definition) is 6. The van der Waals surface area contributed by atoms with Gasteiger partial charge in [-0.2, -0.15) is 0 Å². The summed E-state index contributed by atoms with van der Waals surface area (Å²) in [7, 11) is 0. The summed E-state index contributed by atoms with van der Waals surface area (Å²) in [4.78, 5) is 33.7. The van der Waals surface area contributed by atoms with Gasteiger partial charge in [0.25, 0.3) is 5.56 Å². The highest BCUT2D eigenvalue weighted by Gasteiger charge is 2.32. The first-order valence-corrected chi connectivity index (χ1v) is 14.9. The Hall–Kier alpha value is -3.17. The zero-order valence-electron chi connectivity index (χ0n) is 22.5. The maximum absolute atomic E-state index is 14.1. The summed E-state index contributed by atoms with van der Waals surface area (Å²) in [5.74, 6) is 0.349. The maximum atomic E-state index is 14.1. The smallest absolute Gasteiger partial charge is 0.267 e. The number of nitrogens with one attached hydrogen (secondary N) is 1. The molecule has 1 amide bonds. The molecule has 0 saturated heterocycles. The topological polar surface area (TPSA) is 73.2 Å². The lowest BCUT2D eigenvalue weighted by molar-refractivity contribution is -0.113. The van der Waals surface area contributed by atoms with E-state index in [4.69, 9.17) is 9.72 Å². The van der Waals surface area contributed by atoms with Crippen LogP contribution in [-0.4, -0.2) is 27.8 Å². The molecule has 4 aromatic rings. The molecule has 0 radical (unpaired) electrons. The van der Waals surface area contributed by atoms with E-state index in [2.05, 4.69) is 26.1 Å². The number of nitrogens with zero attached hydrogens (tertiary/aromatic N) is 2. The van der Waals surface area contributed by atoms with Gasteiger partial charge < -0.3 is 10.1 Å². The predicted octanol–water partition coefficient (Wildman–Crippen LogP) is 6.87. The van der Waals surface area contributed by atoms with Gasteiger partial charge in [-0.05, 0) is 79.5 Å². The predicted molar refractivity (Wildman–Crippen MR) is 157 cm³/mol. The van der Waals surface area contributed by atoms with Crippen LogP contribution in [0.4, 0.5) is 10.1 Å². The lowest BCUT2D eigenvalue weighted by Crippen LogP contribution is -2.27. The summed E-state index contributed by atoms with van der Waals surface area (Å²) in [6, 6.07) is 13.4. The Morgan fingerprint density at radius 3 is 2.64 bits per heavy atom. The van der Waals surface area contributed by atoms with Gasteiger partial charge in [0.05, 0.1) is 29.1 Å². The third-order valence-corrected chi connectivity index (χ3v) is 9.25. The van der Waals surface area contributed by atoms with Gasteiger partial charge in [0.1, 0.15) is 16.4 Å². The molecule has 2 aromatic heterocycles. The second kappa shape index (κ2) is 11.1. The van der Waals surface area contributed by atoms with Crippen molar-refractivity contribution in [3.8, 4) is 11.4 Å². The Morgan fingerprint density at radius 1 is 1.21 bits per heavy atom. The molecular formula is C30H32FN3O3S2. The number of thiophene rings is 1. The van der Waals surface area contributed by atoms with Crippen LogP contribution in [0.1, 0.15) is 44.6 Å². The van der Waals surface area contributed by atoms with Gasteiger partial charge in [-0.3, -0.25) is 14.2 Å². The number of fused-ring (bicyclic) bond motifs is 3. The van der Waals surface area contributed by atoms with Gasteiger partial charge in [-0.15, -0.1) is 11.3 Å². The number of thioether (sulfide) groups is 1. The summed E-state index contributed by atoms with van der Waals surface area (Å²) in [5.41, 5.74) is 1.94. The summed E-state index contributed by atoms with van der Waals surface area (Å²) < 4.78 is 21.2. The number of amides is 1. The van der Waals surface area contributed by atoms with Crippen molar-refractivity contribution in [2.75, 3.05) is 17.7 Å². The number of aryl methyl sites for hydroxylation is 1. The zero-order chi connectivity index (χ0) is 27.7. The van der Waals surface area contributed by atoms with Crippen molar-refractivity contribution in [3.63, 3.8) is 0 Å². The summed E-state index contributed by atoms with van der Waals surface area (Å²) >= 11 is 2.75. The van der Waals surface area contributed by atoms with Crippen LogP contribution < -0.4 is 15.6 Å². The Labute approximate surface area is 235 Å². The number of rotatable bonds is 7. The van der Waals surface area contributed by atoms with E-state index in [1.54, 1.807) is 28.0 Å². The second-order valence-corrected chi connectivity index (χ2v) is 12.8. The van der Waals surface area contributed by atoms with Crippen LogP contribution in [0, 0.1) is 17.2 Å². The zero-order valence-corrected chi connectivity index (χ0v) is 24.2. The molecule has 0 spiro atoms. The van der Waals surface area contributed by atoms with E-state index in [0.717, 1.165) is 36.6 Å². The molecule has 5 rings (SSSR count). The maximum Gasteiger partial charge on any atom is 0.267 e. The number of aromatic nitrogens is 2. The first kappa shape index (κ1) is 27.4. The third-order valence-electron chi connectivity index (χ3n) is 7.16. The fraction of sp³-hybridized carbons (Fsp3) is 0.367. The Morgan fingerprint density at radius 2 is 1.95 bits per heavy atom. The first-order chi connectivity index (χ1) is 18.7. The van der Waals surface area contributed by atoms with Gasteiger partial charge in [0.15, 0.2) is 5.16 Å². The fourth-order valence-electron chi connectivity index (χ4n) is 5.01. The van der Waals surface area contributed by atoms with E-state index in [1.807, 2.05) is 31.2 Å². The molecule has 1 atom stereocenters. The van der Waals surface area contributed by atoms with E-state index in [1.165, 1.54) is 17.0 Å². The van der Waals surface area contributed by atoms with E-state index in [-0.39, 0.29) is 28.3 Å². The highest BCUT2D eigenvalue weighted by molar-refractivity contribution is 7.99. The van der Waals surface area contributed by atoms with Crippen LogP contribution in [0.5, 0.6) is 5.75 Å². The summed E-state index contributed by atoms with van der Waals surface area (Å²) in [5, 5.41) is 3.71. The van der Waals surface area contributed by atoms with Crippen molar-refractivity contribution in [1.29, 1.82) is 0 Å². The molecule has 0 saturated carbocycles. The number of para-hydroxylation sites is 1. The standard InChI is InChI=1S/C30H32FN3O3S2/c1-5-37-20-13-11-19(12-14-20)34-28(36)26-21-15-10-18(30(2,3)4)16-24(21)39-27(26)33-29(34)38-17-25(35)32-23-9-7-6-8-22(23)31/h6-9,11-14,18H,5,10,15-17H2,1-4H3,(H,32,35). The number of hydrogen-bond donors (Lipinski definition) is 1. The van der Waals surface area contributed by atoms with Crippen LogP contribution >= 0.6 is 23.1 Å². The van der Waals surface area contributed by atoms with E-state index >= 15 is 0 Å². The lowest BCUT2D eigenvalue weighted by atomic mass is 9.72. The molecule has 0 bridgehead atoms. The molecule has 0 fully saturated rings. The van der Waals surface area contributed by atoms with Gasteiger partial charge in [0.2, 0.25) is 5.91 Å². The highest BCUT2D eigenvalue weighted by Crippen LogP contribution is 2.42. The molecule has 1 N–H and O–H groups in total. The monoisotopic (exact) mass is 565 g/mol. The van der Waals surface area contributed by atoms with Gasteiger partial charge in [-0.25, -0.2) is 9.37 Å². The number of halogens is 1. The molecule has 6 nitrogen and oxygen atoms in total. The molecular weight excluding hydrogens is 533 g/mol. The highest BCUT2D eigenvalue weighted by atomic mass is 32.2. The summed E-state index contributed by atoms with van der Waals surface area (Å²) in [6.07, 6.45) is 2.84. The van der Waals surface area contributed by atoms with E-state index < -0.39 is 5.82 Å². The molecule has 9 heteroatoms. The van der Waals surface area contributed by atoms with Gasteiger partial charge in [-0.1, -0.05) is 44.7 Å². The number of ether oxygens (including phenoxy) is 1. The molecule has 0 aliphatic heterocycles. The van der Waals surface area contributed by atoms with Crippen molar-refractivity contribution in [2.45, 2.75) is 52.1 Å². The van der Waals surface area contributed by atoms with Crippen LogP contribution in [0.2, 0.25) is 0 Å². The molecule has 1 unspecified atom stereocenters. The van der Waals surface area contributed by atoms with Crippen LogP contribution in [0.25, 0.3) is 15.9 Å². The SMILES string of the molecule is CCOc1ccc(-n2c(SCC(=O)Nc3ccccc3F)nc3sc4c(c3c2=O)CCC(C(C)(C)C)C4)cc1. The van der Waals surface area contributed by atoms with Crippen molar-refractivity contribution < 1.29 is 13.9 Å². The third kappa shape index (κ3) is 5.75. The number of carbonyl (C=O) groups excluding carboxylic acids is 1. The molecule has 1 aliphatic carbocycles. The molecule has 2 heterocycles. The van der Waals surface area contributed by atoms with Crippen LogP contribution in [-0.2, 0) is 17.6 Å². The van der Waals surface area contributed by atoms with Gasteiger partial charge in [0, 0.05) is 4.88 Å². The average molecular weight is 566 g/mol. The van der Waals surface area contributed by atoms with Crippen molar-refractivity contribution >= 4 is 44.9 Å². The normalized spacial score (nSPS) is 15.3. The Bertz CT molecular complexity index is 1570. The molecule has 2 aromatic carbocycles. The average Bonchev–Trinajstić information content (AvgIpc) is 3.27. The lowest BCUT2D eigenvalue weighted by Gasteiger charge is -2.33. The minimum atomic E-state index is -0.501. The Kier molecular flexibility index (Phi) is 7.82. The number of carbonyl (C=O) groups is 1. The quantitative estimate of drug-likeness (QED) is 0.196. The Balaban J connectivity index is 1.53. The van der Waals surface area contributed by atoms with Crippen molar-refractivity contribution in [3.05, 3.63) is 75.1 Å². The molecule has 1 aliphatic rings. The van der Waals surface area contributed by atoms with E-state index in [0.29, 0.717) is 39.3 Å². The summed E-state index contributed by atoms with van der Waals surface area (Å²) in [6.45, 7) is 9.28.